The average molecular weight is 210 g/mol. The highest BCUT2D eigenvalue weighted by molar-refractivity contribution is 5.48. The molecule has 0 aliphatic rings. The van der Waals surface area contributed by atoms with Gasteiger partial charge in [-0.25, -0.2) is 0 Å². The molecule has 0 fully saturated rings. The summed E-state index contributed by atoms with van der Waals surface area (Å²) < 4.78 is 0. The average Bonchev–Trinajstić information content (AvgIpc) is 2.24. The number of aromatic nitrogens is 2. The minimum absolute atomic E-state index is 0.0493. The number of aliphatic hydroxyl groups excluding tert-OH is 1. The Kier molecular flexibility index (Phi) is 3.99. The molecule has 0 aromatic carbocycles. The molecule has 0 spiro atoms. The van der Waals surface area contributed by atoms with E-state index in [1.165, 1.54) is 0 Å². The first-order valence-electron chi connectivity index (χ1n) is 5.00. The number of hydrogen-bond acceptors (Lipinski definition) is 5. The molecule has 0 amide bonds. The first-order chi connectivity index (χ1) is 7.10. The second-order valence-electron chi connectivity index (χ2n) is 3.67. The normalized spacial score (nSPS) is 12.6. The topological polar surface area (TPSA) is 84.1 Å². The maximum absolute atomic E-state index is 8.94. The number of nitrogens with zero attached hydrogens (tertiary/aromatic N) is 2. The molecule has 1 aromatic heterocycles. The van der Waals surface area contributed by atoms with Gasteiger partial charge in [0.1, 0.15) is 0 Å². The van der Waals surface area contributed by atoms with Gasteiger partial charge in [0, 0.05) is 18.2 Å². The van der Waals surface area contributed by atoms with Crippen molar-refractivity contribution in [2.45, 2.75) is 33.4 Å². The maximum Gasteiger partial charge on any atom is 0.153 e. The van der Waals surface area contributed by atoms with Crippen LogP contribution in [0.1, 0.15) is 23.7 Å². The summed E-state index contributed by atoms with van der Waals surface area (Å²) in [6, 6.07) is -0.0493. The van der Waals surface area contributed by atoms with Crippen molar-refractivity contribution in [1.29, 1.82) is 0 Å². The van der Waals surface area contributed by atoms with Crippen LogP contribution in [0.4, 0.5) is 5.82 Å². The molecule has 0 saturated carbocycles. The Morgan fingerprint density at radius 3 is 2.60 bits per heavy atom. The number of nitrogens with two attached hydrogens (primary N) is 1. The molecule has 0 radical (unpaired) electrons. The lowest BCUT2D eigenvalue weighted by molar-refractivity contribution is 0.281. The van der Waals surface area contributed by atoms with Gasteiger partial charge in [0.05, 0.1) is 12.3 Å². The number of nitrogens with one attached hydrogen (secondary N) is 1. The second kappa shape index (κ2) is 5.04. The fraction of sp³-hybridized carbons (Fsp3) is 0.600. The Balaban J connectivity index is 3.02. The van der Waals surface area contributed by atoms with Gasteiger partial charge < -0.3 is 16.2 Å². The fourth-order valence-electron chi connectivity index (χ4n) is 1.30. The van der Waals surface area contributed by atoms with E-state index < -0.39 is 0 Å². The summed E-state index contributed by atoms with van der Waals surface area (Å²) in [6.07, 6.45) is 0. The lowest BCUT2D eigenvalue weighted by atomic mass is 10.1. The number of rotatable bonds is 4. The zero-order chi connectivity index (χ0) is 11.4. The third-order valence-corrected chi connectivity index (χ3v) is 2.44. The highest BCUT2D eigenvalue weighted by atomic mass is 16.3. The largest absolute Gasteiger partial charge is 0.394 e. The van der Waals surface area contributed by atoms with Crippen molar-refractivity contribution >= 4 is 5.82 Å². The molecule has 0 aliphatic carbocycles. The molecular weight excluding hydrogens is 192 g/mol. The van der Waals surface area contributed by atoms with E-state index in [1.807, 2.05) is 20.8 Å². The molecule has 1 aromatic rings. The SMILES string of the molecule is Cc1nnc(NC(C)CO)c(CN)c1C. The van der Waals surface area contributed by atoms with Crippen LogP contribution in [-0.4, -0.2) is 28.0 Å². The van der Waals surface area contributed by atoms with Crippen LogP contribution in [0.3, 0.4) is 0 Å². The van der Waals surface area contributed by atoms with E-state index in [0.29, 0.717) is 12.4 Å². The summed E-state index contributed by atoms with van der Waals surface area (Å²) in [5, 5.41) is 20.1. The van der Waals surface area contributed by atoms with Crippen molar-refractivity contribution in [3.63, 3.8) is 0 Å². The highest BCUT2D eigenvalue weighted by Crippen LogP contribution is 2.18. The third-order valence-electron chi connectivity index (χ3n) is 2.44. The van der Waals surface area contributed by atoms with Crippen LogP contribution in [0.25, 0.3) is 0 Å². The Hall–Kier alpha value is -1.20. The maximum atomic E-state index is 8.94. The summed E-state index contributed by atoms with van der Waals surface area (Å²) in [6.45, 7) is 6.22. The predicted molar refractivity (Wildman–Crippen MR) is 59.6 cm³/mol. The quantitative estimate of drug-likeness (QED) is 0.667. The Bertz CT molecular complexity index is 340. The molecule has 4 N–H and O–H groups in total. The fourth-order valence-corrected chi connectivity index (χ4v) is 1.30. The minimum Gasteiger partial charge on any atom is -0.394 e. The standard InChI is InChI=1S/C10H18N4O/c1-6(5-15)12-10-9(4-11)7(2)8(3)13-14-10/h6,15H,4-5,11H2,1-3H3,(H,12,14). The lowest BCUT2D eigenvalue weighted by Gasteiger charge is -2.16. The van der Waals surface area contributed by atoms with Crippen LogP contribution in [-0.2, 0) is 6.54 Å². The Labute approximate surface area is 89.7 Å². The van der Waals surface area contributed by atoms with Crippen LogP contribution < -0.4 is 11.1 Å². The minimum atomic E-state index is -0.0493. The smallest absolute Gasteiger partial charge is 0.153 e. The summed E-state index contributed by atoms with van der Waals surface area (Å²) in [5.41, 5.74) is 8.57. The van der Waals surface area contributed by atoms with E-state index in [1.54, 1.807) is 0 Å². The number of anilines is 1. The van der Waals surface area contributed by atoms with Gasteiger partial charge in [-0.05, 0) is 26.3 Å². The molecule has 84 valence electrons. The van der Waals surface area contributed by atoms with Crippen molar-refractivity contribution in [1.82, 2.24) is 10.2 Å². The van der Waals surface area contributed by atoms with Crippen molar-refractivity contribution in [2.75, 3.05) is 11.9 Å². The van der Waals surface area contributed by atoms with E-state index in [4.69, 9.17) is 10.8 Å². The monoisotopic (exact) mass is 210 g/mol. The molecule has 0 saturated heterocycles. The molecule has 1 unspecified atom stereocenters. The summed E-state index contributed by atoms with van der Waals surface area (Å²) in [4.78, 5) is 0. The van der Waals surface area contributed by atoms with Crippen LogP contribution in [0.2, 0.25) is 0 Å². The lowest BCUT2D eigenvalue weighted by Crippen LogP contribution is -2.22. The molecule has 1 rings (SSSR count). The van der Waals surface area contributed by atoms with Gasteiger partial charge in [-0.3, -0.25) is 0 Å². The molecule has 15 heavy (non-hydrogen) atoms. The molecular formula is C10H18N4O. The first kappa shape index (κ1) is 11.9. The van der Waals surface area contributed by atoms with Crippen LogP contribution >= 0.6 is 0 Å². The molecule has 5 nitrogen and oxygen atoms in total. The van der Waals surface area contributed by atoms with E-state index in [2.05, 4.69) is 15.5 Å². The number of aryl methyl sites for hydroxylation is 1. The van der Waals surface area contributed by atoms with Crippen LogP contribution in [0.15, 0.2) is 0 Å². The summed E-state index contributed by atoms with van der Waals surface area (Å²) in [5.74, 6) is 0.669. The third kappa shape index (κ3) is 2.64. The highest BCUT2D eigenvalue weighted by Gasteiger charge is 2.11. The summed E-state index contributed by atoms with van der Waals surface area (Å²) >= 11 is 0. The molecule has 1 atom stereocenters. The summed E-state index contributed by atoms with van der Waals surface area (Å²) in [7, 11) is 0. The van der Waals surface area contributed by atoms with Crippen molar-refractivity contribution in [3.05, 3.63) is 16.8 Å². The second-order valence-corrected chi connectivity index (χ2v) is 3.67. The first-order valence-corrected chi connectivity index (χ1v) is 5.00. The molecule has 0 bridgehead atoms. The van der Waals surface area contributed by atoms with E-state index >= 15 is 0 Å². The molecule has 5 heteroatoms. The van der Waals surface area contributed by atoms with Gasteiger partial charge in [0.15, 0.2) is 5.82 Å². The van der Waals surface area contributed by atoms with Gasteiger partial charge in [-0.1, -0.05) is 0 Å². The Morgan fingerprint density at radius 1 is 1.40 bits per heavy atom. The van der Waals surface area contributed by atoms with E-state index in [0.717, 1.165) is 16.8 Å². The van der Waals surface area contributed by atoms with Crippen molar-refractivity contribution in [2.24, 2.45) is 5.73 Å². The van der Waals surface area contributed by atoms with Crippen LogP contribution in [0.5, 0.6) is 0 Å². The number of aliphatic hydroxyl groups is 1. The zero-order valence-electron chi connectivity index (χ0n) is 9.41. The van der Waals surface area contributed by atoms with Gasteiger partial charge in [-0.2, -0.15) is 5.10 Å². The van der Waals surface area contributed by atoms with Gasteiger partial charge in [0.2, 0.25) is 0 Å². The Morgan fingerprint density at radius 2 is 2.07 bits per heavy atom. The van der Waals surface area contributed by atoms with E-state index in [9.17, 15) is 0 Å². The van der Waals surface area contributed by atoms with Gasteiger partial charge in [-0.15, -0.1) is 5.10 Å². The van der Waals surface area contributed by atoms with Crippen molar-refractivity contribution in [3.8, 4) is 0 Å². The van der Waals surface area contributed by atoms with Crippen molar-refractivity contribution < 1.29 is 5.11 Å². The molecule has 1 heterocycles. The van der Waals surface area contributed by atoms with Gasteiger partial charge >= 0.3 is 0 Å². The zero-order valence-corrected chi connectivity index (χ0v) is 9.41. The number of hydrogen-bond donors (Lipinski definition) is 3. The van der Waals surface area contributed by atoms with Gasteiger partial charge in [0.25, 0.3) is 0 Å². The predicted octanol–water partition coefficient (Wildman–Crippen LogP) is 0.345. The van der Waals surface area contributed by atoms with Crippen LogP contribution in [0, 0.1) is 13.8 Å². The van der Waals surface area contributed by atoms with E-state index in [-0.39, 0.29) is 12.6 Å². The molecule has 0 aliphatic heterocycles.